The van der Waals surface area contributed by atoms with Gasteiger partial charge in [0.15, 0.2) is 6.61 Å². The van der Waals surface area contributed by atoms with E-state index in [9.17, 15) is 14.4 Å². The number of ether oxygens (including phenoxy) is 1. The fourth-order valence-corrected chi connectivity index (χ4v) is 2.80. The number of hydrogen-bond acceptors (Lipinski definition) is 4. The van der Waals surface area contributed by atoms with Gasteiger partial charge in [-0.15, -0.1) is 0 Å². The summed E-state index contributed by atoms with van der Waals surface area (Å²) in [5, 5.41) is 11.5. The topological polar surface area (TPSA) is 95.9 Å². The van der Waals surface area contributed by atoms with Crippen LogP contribution in [0.5, 0.6) is 5.75 Å². The highest BCUT2D eigenvalue weighted by atomic mass is 16.5. The summed E-state index contributed by atoms with van der Waals surface area (Å²) in [4.78, 5) is 36.4. The van der Waals surface area contributed by atoms with Gasteiger partial charge in [-0.05, 0) is 36.6 Å². The number of carbonyl (C=O) groups excluding carboxylic acids is 2. The van der Waals surface area contributed by atoms with Gasteiger partial charge in [0.25, 0.3) is 0 Å². The number of aliphatic carboxylic acids is 1. The molecule has 7 nitrogen and oxygen atoms in total. The summed E-state index contributed by atoms with van der Waals surface area (Å²) in [6, 6.07) is 16.4. The van der Waals surface area contributed by atoms with Crippen molar-refractivity contribution >= 4 is 17.8 Å². The fraction of sp³-hybridized carbons (Fsp3) is 0.318. The molecule has 2 aromatic carbocycles. The van der Waals surface area contributed by atoms with E-state index < -0.39 is 12.6 Å². The number of rotatable bonds is 10. The predicted molar refractivity (Wildman–Crippen MR) is 109 cm³/mol. The lowest BCUT2D eigenvalue weighted by Gasteiger charge is -2.22. The number of benzene rings is 2. The third-order valence-electron chi connectivity index (χ3n) is 4.41. The van der Waals surface area contributed by atoms with Crippen molar-refractivity contribution in [1.29, 1.82) is 0 Å². The quantitative estimate of drug-likeness (QED) is 0.641. The second-order valence-electron chi connectivity index (χ2n) is 6.72. The Bertz CT molecular complexity index is 821. The Morgan fingerprint density at radius 2 is 1.72 bits per heavy atom. The molecule has 7 heteroatoms. The van der Waals surface area contributed by atoms with Gasteiger partial charge in [-0.25, -0.2) is 4.79 Å². The Kier molecular flexibility index (Phi) is 8.21. The van der Waals surface area contributed by atoms with Crippen LogP contribution >= 0.6 is 0 Å². The maximum Gasteiger partial charge on any atom is 0.341 e. The maximum atomic E-state index is 12.4. The molecule has 0 bridgehead atoms. The largest absolute Gasteiger partial charge is 0.482 e. The van der Waals surface area contributed by atoms with E-state index in [0.29, 0.717) is 18.7 Å². The number of nitrogens with one attached hydrogen (secondary N) is 1. The third-order valence-corrected chi connectivity index (χ3v) is 4.41. The lowest BCUT2D eigenvalue weighted by Crippen LogP contribution is -2.41. The normalized spacial score (nSPS) is 11.4. The number of carboxylic acids is 1. The molecular formula is C22H26N2O5. The second-order valence-corrected chi connectivity index (χ2v) is 6.72. The molecule has 154 valence electrons. The first-order valence-electron chi connectivity index (χ1n) is 9.38. The maximum absolute atomic E-state index is 12.4. The third kappa shape index (κ3) is 7.65. The zero-order chi connectivity index (χ0) is 21.2. The molecule has 2 aromatic rings. The highest BCUT2D eigenvalue weighted by Crippen LogP contribution is 2.17. The van der Waals surface area contributed by atoms with Gasteiger partial charge in [-0.1, -0.05) is 42.5 Å². The van der Waals surface area contributed by atoms with E-state index in [1.807, 2.05) is 37.3 Å². The Labute approximate surface area is 170 Å². The number of carbonyl (C=O) groups is 3. The van der Waals surface area contributed by atoms with Gasteiger partial charge >= 0.3 is 5.97 Å². The fourth-order valence-electron chi connectivity index (χ4n) is 2.80. The van der Waals surface area contributed by atoms with Gasteiger partial charge in [-0.3, -0.25) is 9.59 Å². The first-order valence-corrected chi connectivity index (χ1v) is 9.38. The minimum Gasteiger partial charge on any atom is -0.482 e. The van der Waals surface area contributed by atoms with Crippen LogP contribution in [0.2, 0.25) is 0 Å². The van der Waals surface area contributed by atoms with E-state index in [1.54, 1.807) is 24.3 Å². The molecule has 0 heterocycles. The van der Waals surface area contributed by atoms with Crippen molar-refractivity contribution in [3.8, 4) is 5.75 Å². The van der Waals surface area contributed by atoms with Crippen LogP contribution in [0.15, 0.2) is 54.6 Å². The summed E-state index contributed by atoms with van der Waals surface area (Å²) in [5.41, 5.74) is 1.96. The molecule has 2 N–H and O–H groups in total. The molecule has 1 unspecified atom stereocenters. The Balaban J connectivity index is 1.86. The van der Waals surface area contributed by atoms with Gasteiger partial charge in [0.1, 0.15) is 5.75 Å². The molecule has 0 spiro atoms. The van der Waals surface area contributed by atoms with Crippen molar-refractivity contribution in [2.24, 2.45) is 0 Å². The van der Waals surface area contributed by atoms with E-state index in [0.717, 1.165) is 11.1 Å². The summed E-state index contributed by atoms with van der Waals surface area (Å²) >= 11 is 0. The summed E-state index contributed by atoms with van der Waals surface area (Å²) in [6.07, 6.45) is 0.682. The first-order chi connectivity index (χ1) is 13.8. The van der Waals surface area contributed by atoms with Crippen molar-refractivity contribution in [2.45, 2.75) is 26.3 Å². The number of nitrogens with zero attached hydrogens (tertiary/aromatic N) is 1. The smallest absolute Gasteiger partial charge is 0.341 e. The summed E-state index contributed by atoms with van der Waals surface area (Å²) in [6.45, 7) is 3.35. The summed E-state index contributed by atoms with van der Waals surface area (Å²) in [5.74, 6) is -0.994. The van der Waals surface area contributed by atoms with Gasteiger partial charge < -0.3 is 20.1 Å². The van der Waals surface area contributed by atoms with Crippen LogP contribution in [0.25, 0.3) is 0 Å². The van der Waals surface area contributed by atoms with E-state index in [4.69, 9.17) is 9.84 Å². The van der Waals surface area contributed by atoms with Crippen molar-refractivity contribution in [3.63, 3.8) is 0 Å². The number of amides is 2. The van der Waals surface area contributed by atoms with Crippen molar-refractivity contribution in [2.75, 3.05) is 19.7 Å². The molecular weight excluding hydrogens is 372 g/mol. The van der Waals surface area contributed by atoms with Crippen LogP contribution in [0, 0.1) is 0 Å². The number of hydrogen-bond donors (Lipinski definition) is 2. The molecule has 0 aliphatic carbocycles. The summed E-state index contributed by atoms with van der Waals surface area (Å²) in [7, 11) is 0. The van der Waals surface area contributed by atoms with Gasteiger partial charge in [-0.2, -0.15) is 0 Å². The van der Waals surface area contributed by atoms with Crippen LogP contribution in [0.4, 0.5) is 0 Å². The van der Waals surface area contributed by atoms with Crippen LogP contribution in [0.1, 0.15) is 31.0 Å². The molecule has 0 aliphatic rings. The lowest BCUT2D eigenvalue weighted by atomic mass is 10.1. The van der Waals surface area contributed by atoms with Crippen molar-refractivity contribution in [3.05, 3.63) is 65.7 Å². The Morgan fingerprint density at radius 1 is 1.07 bits per heavy atom. The highest BCUT2D eigenvalue weighted by Gasteiger charge is 2.16. The molecule has 0 fully saturated rings. The standard InChI is InChI=1S/C22H26N2O5/c1-16(19-8-10-20(11-9-19)29-15-22(27)28)23-21(26)14-24(17(2)25)13-12-18-6-4-3-5-7-18/h3-11,16H,12-15H2,1-2H3,(H,23,26)(H,27,28). The second kappa shape index (κ2) is 10.8. The van der Waals surface area contributed by atoms with Gasteiger partial charge in [0.2, 0.25) is 11.8 Å². The highest BCUT2D eigenvalue weighted by molar-refractivity contribution is 5.84. The molecule has 0 saturated carbocycles. The molecule has 0 radical (unpaired) electrons. The Hall–Kier alpha value is -3.35. The van der Waals surface area contributed by atoms with Crippen LogP contribution in [-0.4, -0.2) is 47.5 Å². The average molecular weight is 398 g/mol. The SMILES string of the molecule is CC(=O)N(CCc1ccccc1)CC(=O)NC(C)c1ccc(OCC(=O)O)cc1. The van der Waals surface area contributed by atoms with E-state index in [2.05, 4.69) is 5.32 Å². The molecule has 2 amide bonds. The minimum atomic E-state index is -1.04. The molecule has 0 aliphatic heterocycles. The monoisotopic (exact) mass is 398 g/mol. The Morgan fingerprint density at radius 3 is 2.31 bits per heavy atom. The van der Waals surface area contributed by atoms with E-state index in [-0.39, 0.29) is 24.4 Å². The van der Waals surface area contributed by atoms with Gasteiger partial charge in [0, 0.05) is 13.5 Å². The average Bonchev–Trinajstić information content (AvgIpc) is 2.70. The predicted octanol–water partition coefficient (Wildman–Crippen LogP) is 2.42. The van der Waals surface area contributed by atoms with Gasteiger partial charge in [0.05, 0.1) is 12.6 Å². The zero-order valence-corrected chi connectivity index (χ0v) is 16.6. The molecule has 2 rings (SSSR count). The number of carboxylic acid groups (broad SMARTS) is 1. The first kappa shape index (κ1) is 21.9. The van der Waals surface area contributed by atoms with E-state index >= 15 is 0 Å². The molecule has 1 atom stereocenters. The molecule has 0 aromatic heterocycles. The van der Waals surface area contributed by atoms with Crippen LogP contribution < -0.4 is 10.1 Å². The van der Waals surface area contributed by atoms with E-state index in [1.165, 1.54) is 11.8 Å². The van der Waals surface area contributed by atoms with Crippen molar-refractivity contribution < 1.29 is 24.2 Å². The van der Waals surface area contributed by atoms with Crippen LogP contribution in [0.3, 0.4) is 0 Å². The zero-order valence-electron chi connectivity index (χ0n) is 16.6. The molecule has 0 saturated heterocycles. The molecule has 29 heavy (non-hydrogen) atoms. The minimum absolute atomic E-state index is 0.00763. The summed E-state index contributed by atoms with van der Waals surface area (Å²) < 4.78 is 5.09. The lowest BCUT2D eigenvalue weighted by molar-refractivity contribution is -0.139. The van der Waals surface area contributed by atoms with Crippen LogP contribution in [-0.2, 0) is 20.8 Å². The van der Waals surface area contributed by atoms with Crippen molar-refractivity contribution in [1.82, 2.24) is 10.2 Å².